The van der Waals surface area contributed by atoms with Crippen molar-refractivity contribution in [3.05, 3.63) is 36.4 Å². The van der Waals surface area contributed by atoms with Crippen LogP contribution in [0.1, 0.15) is 0 Å². The van der Waals surface area contributed by atoms with Crippen LogP contribution in [0, 0.1) is 0 Å². The SMILES string of the molecule is [B]c1cc(B(O)O)c2ccccc2c1. The second-order valence-corrected chi connectivity index (χ2v) is 3.20. The third kappa shape index (κ3) is 1.54. The van der Waals surface area contributed by atoms with Crippen LogP contribution >= 0.6 is 0 Å². The van der Waals surface area contributed by atoms with Crippen molar-refractivity contribution in [1.29, 1.82) is 0 Å². The Hall–Kier alpha value is -1.25. The fourth-order valence-corrected chi connectivity index (χ4v) is 1.58. The van der Waals surface area contributed by atoms with Crippen molar-refractivity contribution in [1.82, 2.24) is 0 Å². The highest BCUT2D eigenvalue weighted by atomic mass is 16.4. The lowest BCUT2D eigenvalue weighted by atomic mass is 9.74. The van der Waals surface area contributed by atoms with Gasteiger partial charge in [0, 0.05) is 0 Å². The summed E-state index contributed by atoms with van der Waals surface area (Å²) < 4.78 is 0. The Bertz CT molecular complexity index is 469. The van der Waals surface area contributed by atoms with E-state index in [9.17, 15) is 0 Å². The van der Waals surface area contributed by atoms with Gasteiger partial charge in [-0.1, -0.05) is 41.9 Å². The van der Waals surface area contributed by atoms with Gasteiger partial charge in [0.15, 0.2) is 0 Å². The van der Waals surface area contributed by atoms with Gasteiger partial charge < -0.3 is 10.0 Å². The number of benzene rings is 2. The number of hydrogen-bond donors (Lipinski definition) is 2. The molecule has 0 unspecified atom stereocenters. The van der Waals surface area contributed by atoms with E-state index in [0.29, 0.717) is 10.9 Å². The molecule has 0 aromatic heterocycles. The van der Waals surface area contributed by atoms with Crippen molar-refractivity contribution in [2.24, 2.45) is 0 Å². The number of fused-ring (bicyclic) bond motifs is 1. The van der Waals surface area contributed by atoms with Gasteiger partial charge in [0.05, 0.1) is 0 Å². The molecule has 2 aromatic rings. The smallest absolute Gasteiger partial charge is 0.423 e. The Kier molecular flexibility index (Phi) is 2.32. The van der Waals surface area contributed by atoms with Gasteiger partial charge in [-0.05, 0) is 16.2 Å². The van der Waals surface area contributed by atoms with E-state index in [4.69, 9.17) is 17.9 Å². The van der Waals surface area contributed by atoms with Crippen LogP contribution in [0.2, 0.25) is 0 Å². The first-order valence-electron chi connectivity index (χ1n) is 4.33. The molecule has 0 saturated carbocycles. The Morgan fingerprint density at radius 1 is 1.07 bits per heavy atom. The van der Waals surface area contributed by atoms with Crippen LogP contribution in [0.5, 0.6) is 0 Å². The first kappa shape index (κ1) is 9.31. The van der Waals surface area contributed by atoms with Gasteiger partial charge in [0.2, 0.25) is 0 Å². The van der Waals surface area contributed by atoms with E-state index in [1.807, 2.05) is 24.3 Å². The van der Waals surface area contributed by atoms with E-state index >= 15 is 0 Å². The molecule has 0 amide bonds. The molecule has 4 heteroatoms. The maximum atomic E-state index is 9.15. The van der Waals surface area contributed by atoms with Crippen LogP contribution in [0.15, 0.2) is 36.4 Å². The molecule has 0 spiro atoms. The Morgan fingerprint density at radius 2 is 1.79 bits per heavy atom. The molecule has 0 atom stereocenters. The van der Waals surface area contributed by atoms with Crippen LogP contribution in [0.25, 0.3) is 10.8 Å². The lowest BCUT2D eigenvalue weighted by Gasteiger charge is -2.07. The zero-order chi connectivity index (χ0) is 10.1. The minimum Gasteiger partial charge on any atom is -0.423 e. The predicted octanol–water partition coefficient (Wildman–Crippen LogP) is -0.687. The van der Waals surface area contributed by atoms with Gasteiger partial charge in [0.1, 0.15) is 7.85 Å². The van der Waals surface area contributed by atoms with Gasteiger partial charge in [-0.3, -0.25) is 0 Å². The van der Waals surface area contributed by atoms with E-state index < -0.39 is 7.12 Å². The number of hydrogen-bond acceptors (Lipinski definition) is 2. The quantitative estimate of drug-likeness (QED) is 0.573. The first-order valence-corrected chi connectivity index (χ1v) is 4.33. The van der Waals surface area contributed by atoms with E-state index in [1.165, 1.54) is 0 Å². The Balaban J connectivity index is 2.80. The molecule has 0 aliphatic rings. The number of rotatable bonds is 1. The monoisotopic (exact) mass is 182 g/mol. The summed E-state index contributed by atoms with van der Waals surface area (Å²) >= 11 is 0. The summed E-state index contributed by atoms with van der Waals surface area (Å²) in [4.78, 5) is 0. The Labute approximate surface area is 83.7 Å². The molecule has 2 N–H and O–H groups in total. The van der Waals surface area contributed by atoms with Gasteiger partial charge in [-0.25, -0.2) is 0 Å². The van der Waals surface area contributed by atoms with Crippen LogP contribution in [-0.4, -0.2) is 25.0 Å². The molecule has 66 valence electrons. The lowest BCUT2D eigenvalue weighted by Crippen LogP contribution is -2.33. The summed E-state index contributed by atoms with van der Waals surface area (Å²) in [5.41, 5.74) is 0.979. The lowest BCUT2D eigenvalue weighted by molar-refractivity contribution is 0.426. The largest absolute Gasteiger partial charge is 0.489 e. The van der Waals surface area contributed by atoms with Crippen molar-refractivity contribution >= 4 is 36.7 Å². The first-order chi connectivity index (χ1) is 6.68. The molecule has 0 bridgehead atoms. The second kappa shape index (κ2) is 3.48. The minimum atomic E-state index is -1.48. The topological polar surface area (TPSA) is 40.5 Å². The highest BCUT2D eigenvalue weighted by Gasteiger charge is 2.14. The third-order valence-electron chi connectivity index (χ3n) is 2.19. The maximum absolute atomic E-state index is 9.15. The zero-order valence-electron chi connectivity index (χ0n) is 7.51. The molecule has 2 rings (SSSR count). The summed E-state index contributed by atoms with van der Waals surface area (Å²) in [5, 5.41) is 20.0. The third-order valence-corrected chi connectivity index (χ3v) is 2.19. The summed E-state index contributed by atoms with van der Waals surface area (Å²) in [6, 6.07) is 10.8. The summed E-state index contributed by atoms with van der Waals surface area (Å²) in [6.45, 7) is 0. The van der Waals surface area contributed by atoms with Crippen molar-refractivity contribution in [2.45, 2.75) is 0 Å². The standard InChI is InChI=1S/C10H8B2O2/c11-8-5-7-3-1-2-4-9(7)10(6-8)12(13)14/h1-6,13-14H. The zero-order valence-corrected chi connectivity index (χ0v) is 7.51. The molecule has 0 heterocycles. The van der Waals surface area contributed by atoms with E-state index in [1.54, 1.807) is 12.1 Å². The molecule has 2 radical (unpaired) electrons. The van der Waals surface area contributed by atoms with Crippen molar-refractivity contribution < 1.29 is 10.0 Å². The van der Waals surface area contributed by atoms with Crippen LogP contribution in [0.4, 0.5) is 0 Å². The van der Waals surface area contributed by atoms with Crippen molar-refractivity contribution in [3.8, 4) is 0 Å². The van der Waals surface area contributed by atoms with Gasteiger partial charge in [-0.15, -0.1) is 0 Å². The summed E-state index contributed by atoms with van der Waals surface area (Å²) in [7, 11) is 4.16. The molecular weight excluding hydrogens is 174 g/mol. The van der Waals surface area contributed by atoms with Gasteiger partial charge >= 0.3 is 7.12 Å². The van der Waals surface area contributed by atoms with E-state index in [2.05, 4.69) is 0 Å². The van der Waals surface area contributed by atoms with Crippen molar-refractivity contribution in [3.63, 3.8) is 0 Å². The van der Waals surface area contributed by atoms with E-state index in [-0.39, 0.29) is 0 Å². The summed E-state index contributed by atoms with van der Waals surface area (Å²) in [6.07, 6.45) is 0. The van der Waals surface area contributed by atoms with Gasteiger partial charge in [0.25, 0.3) is 0 Å². The van der Waals surface area contributed by atoms with Crippen LogP contribution in [-0.2, 0) is 0 Å². The second-order valence-electron chi connectivity index (χ2n) is 3.20. The molecular formula is C10H8B2O2. The van der Waals surface area contributed by atoms with E-state index in [0.717, 1.165) is 10.8 Å². The molecule has 0 aliphatic heterocycles. The average Bonchev–Trinajstić information content (AvgIpc) is 2.16. The highest BCUT2D eigenvalue weighted by Crippen LogP contribution is 2.09. The molecule has 2 aromatic carbocycles. The fourth-order valence-electron chi connectivity index (χ4n) is 1.58. The van der Waals surface area contributed by atoms with Crippen molar-refractivity contribution in [2.75, 3.05) is 0 Å². The predicted molar refractivity (Wildman–Crippen MR) is 59.2 cm³/mol. The molecule has 14 heavy (non-hydrogen) atoms. The van der Waals surface area contributed by atoms with Crippen LogP contribution < -0.4 is 10.9 Å². The average molecular weight is 182 g/mol. The highest BCUT2D eigenvalue weighted by molar-refractivity contribution is 6.62. The molecule has 0 aliphatic carbocycles. The summed E-state index contributed by atoms with van der Waals surface area (Å²) in [5.74, 6) is 0. The Morgan fingerprint density at radius 3 is 2.50 bits per heavy atom. The molecule has 0 fully saturated rings. The molecule has 2 nitrogen and oxygen atoms in total. The maximum Gasteiger partial charge on any atom is 0.489 e. The fraction of sp³-hybridized carbons (Fsp3) is 0. The van der Waals surface area contributed by atoms with Gasteiger partial charge in [-0.2, -0.15) is 0 Å². The van der Waals surface area contributed by atoms with Crippen LogP contribution in [0.3, 0.4) is 0 Å². The molecule has 0 saturated heterocycles. The normalized spacial score (nSPS) is 10.4. The minimum absolute atomic E-state index is 0.445.